The first kappa shape index (κ1) is 54.9. The lowest BCUT2D eigenvalue weighted by atomic mass is 10.0. The number of unbranched alkanes of at least 4 members (excludes halogenated alkanes) is 14. The van der Waals surface area contributed by atoms with Crippen molar-refractivity contribution in [2.45, 2.75) is 141 Å². The van der Waals surface area contributed by atoms with Gasteiger partial charge >= 0.3 is 0 Å². The molecule has 0 spiro atoms. The molecular weight excluding hydrogens is 901 g/mol. The number of amides is 4. The number of hydrogen-bond acceptors (Lipinski definition) is 10. The minimum Gasteiger partial charge on any atom is -0.344 e. The normalized spacial score (nSPS) is 11.8. The second-order valence-corrected chi connectivity index (χ2v) is 19.7. The third-order valence-corrected chi connectivity index (χ3v) is 14.0. The number of benzene rings is 4. The number of hydrogen-bond donors (Lipinski definition) is 4. The van der Waals surface area contributed by atoms with Gasteiger partial charge in [0.25, 0.3) is 11.4 Å². The van der Waals surface area contributed by atoms with E-state index in [-0.39, 0.29) is 35.0 Å². The van der Waals surface area contributed by atoms with Crippen LogP contribution in [-0.2, 0) is 32.0 Å². The molecule has 366 valence electrons. The summed E-state index contributed by atoms with van der Waals surface area (Å²) in [5, 5.41) is 33.3. The summed E-state index contributed by atoms with van der Waals surface area (Å²) in [6, 6.07) is 28.7. The second-order valence-electron chi connectivity index (χ2n) is 17.0. The van der Waals surface area contributed by atoms with Crippen LogP contribution >= 0.6 is 21.6 Å². The molecule has 0 aromatic heterocycles. The van der Waals surface area contributed by atoms with Gasteiger partial charge in [0, 0.05) is 72.8 Å². The maximum Gasteiger partial charge on any atom is 0.269 e. The Kier molecular flexibility index (Phi) is 26.5. The number of rotatable bonds is 35. The van der Waals surface area contributed by atoms with Crippen LogP contribution in [0.5, 0.6) is 0 Å². The molecule has 2 unspecified atom stereocenters. The zero-order chi connectivity index (χ0) is 48.6. The van der Waals surface area contributed by atoms with Gasteiger partial charge in [0.15, 0.2) is 0 Å². The number of anilines is 2. The fourth-order valence-electron chi connectivity index (χ4n) is 7.58. The van der Waals surface area contributed by atoms with Crippen molar-refractivity contribution in [2.24, 2.45) is 0 Å². The molecular formula is C52H68N6O8S2. The predicted octanol–water partition coefficient (Wildman–Crippen LogP) is 11.9. The second kappa shape index (κ2) is 32.9. The summed E-state index contributed by atoms with van der Waals surface area (Å²) < 4.78 is 0. The van der Waals surface area contributed by atoms with E-state index in [4.69, 9.17) is 0 Å². The van der Waals surface area contributed by atoms with Gasteiger partial charge in [-0.1, -0.05) is 159 Å². The van der Waals surface area contributed by atoms with Crippen LogP contribution in [0.4, 0.5) is 22.7 Å². The van der Waals surface area contributed by atoms with Gasteiger partial charge in [0.1, 0.15) is 12.1 Å². The van der Waals surface area contributed by atoms with Crippen LogP contribution in [0.3, 0.4) is 0 Å². The summed E-state index contributed by atoms with van der Waals surface area (Å²) >= 11 is 0. The molecule has 4 N–H and O–H groups in total. The van der Waals surface area contributed by atoms with Crippen LogP contribution in [-0.4, -0.2) is 57.1 Å². The number of nitrogens with one attached hydrogen (secondary N) is 4. The molecule has 68 heavy (non-hydrogen) atoms. The standard InChI is InChI=1S/C52H68N6O8S2/c59-49(55-47(39-41-23-15-13-16-24-41)51(61)53-43-29-33-45(34-30-43)57(63)64)27-19-9-5-1-3-7-11-21-37-67-68-38-22-12-8-4-2-6-10-20-28-50(60)56-48(40-42-25-17-14-18-26-42)52(62)54-44-31-35-46(36-32-44)58(65)66/h13-18,23-26,29-36,47-48H,1-12,19-22,27-28,37-40H2,(H,53,61)(H,54,62)(H,55,59)(H,56,60). The Morgan fingerprint density at radius 2 is 0.735 bits per heavy atom. The fraction of sp³-hybridized carbons (Fsp3) is 0.462. The first-order valence-corrected chi connectivity index (χ1v) is 26.6. The van der Waals surface area contributed by atoms with E-state index in [0.717, 1.165) is 62.5 Å². The zero-order valence-electron chi connectivity index (χ0n) is 39.1. The van der Waals surface area contributed by atoms with Crippen LogP contribution in [0.15, 0.2) is 109 Å². The molecule has 2 atom stereocenters. The molecule has 0 aliphatic carbocycles. The number of nitro benzene ring substituents is 2. The van der Waals surface area contributed by atoms with Gasteiger partial charge < -0.3 is 21.3 Å². The summed E-state index contributed by atoms with van der Waals surface area (Å²) in [4.78, 5) is 73.0. The Morgan fingerprint density at radius 1 is 0.426 bits per heavy atom. The van der Waals surface area contributed by atoms with Gasteiger partial charge in [-0.05, 0) is 61.1 Å². The lowest BCUT2D eigenvalue weighted by molar-refractivity contribution is -0.385. The maximum absolute atomic E-state index is 13.2. The molecule has 0 saturated heterocycles. The van der Waals surface area contributed by atoms with Crippen LogP contribution in [0.2, 0.25) is 0 Å². The third-order valence-electron chi connectivity index (χ3n) is 11.4. The first-order chi connectivity index (χ1) is 33.1. The van der Waals surface area contributed by atoms with Crippen molar-refractivity contribution in [3.63, 3.8) is 0 Å². The molecule has 0 aliphatic rings. The van der Waals surface area contributed by atoms with E-state index in [1.807, 2.05) is 82.3 Å². The first-order valence-electron chi connectivity index (χ1n) is 24.1. The van der Waals surface area contributed by atoms with Crippen molar-refractivity contribution >= 4 is 68.0 Å². The van der Waals surface area contributed by atoms with E-state index in [9.17, 15) is 39.4 Å². The Hall–Kier alpha value is -5.74. The minimum atomic E-state index is -0.772. The van der Waals surface area contributed by atoms with E-state index in [1.165, 1.54) is 111 Å². The molecule has 0 aliphatic heterocycles. The molecule has 14 nitrogen and oxygen atoms in total. The summed E-state index contributed by atoms with van der Waals surface area (Å²) in [6.07, 6.45) is 19.1. The van der Waals surface area contributed by atoms with Crippen molar-refractivity contribution in [1.29, 1.82) is 0 Å². The number of carbonyl (C=O) groups excluding carboxylic acids is 4. The van der Waals surface area contributed by atoms with Crippen molar-refractivity contribution in [2.75, 3.05) is 22.1 Å². The molecule has 16 heteroatoms. The lowest BCUT2D eigenvalue weighted by Crippen LogP contribution is -2.45. The maximum atomic E-state index is 13.2. The molecule has 0 saturated carbocycles. The molecule has 4 rings (SSSR count). The molecule has 0 bridgehead atoms. The van der Waals surface area contributed by atoms with E-state index < -0.39 is 21.9 Å². The van der Waals surface area contributed by atoms with Crippen molar-refractivity contribution in [1.82, 2.24) is 10.6 Å². The van der Waals surface area contributed by atoms with Gasteiger partial charge in [-0.25, -0.2) is 0 Å². The Labute approximate surface area is 409 Å². The van der Waals surface area contributed by atoms with Gasteiger partial charge in [0.2, 0.25) is 23.6 Å². The average molecular weight is 969 g/mol. The molecule has 0 fully saturated rings. The Bertz CT molecular complexity index is 1960. The van der Waals surface area contributed by atoms with Crippen molar-refractivity contribution in [3.05, 3.63) is 141 Å². The molecule has 4 amide bonds. The largest absolute Gasteiger partial charge is 0.344 e. The number of nitrogens with zero attached hydrogens (tertiary/aromatic N) is 2. The minimum absolute atomic E-state index is 0.0639. The van der Waals surface area contributed by atoms with Crippen molar-refractivity contribution in [3.8, 4) is 0 Å². The predicted molar refractivity (Wildman–Crippen MR) is 276 cm³/mol. The SMILES string of the molecule is O=C(CCCCCCCCCCSSCCCCCCCCCCC(=O)NC(Cc1ccccc1)C(=O)Nc1ccc([N+](=O)[O-])cc1)NC(Cc1ccccc1)C(=O)Nc1ccc([N+](=O)[O-])cc1. The highest BCUT2D eigenvalue weighted by atomic mass is 33.1. The van der Waals surface area contributed by atoms with E-state index in [2.05, 4.69) is 21.3 Å². The summed E-state index contributed by atoms with van der Waals surface area (Å²) in [5.41, 5.74) is 2.57. The summed E-state index contributed by atoms with van der Waals surface area (Å²) in [6.45, 7) is 0. The highest BCUT2D eigenvalue weighted by Gasteiger charge is 2.23. The van der Waals surface area contributed by atoms with Crippen molar-refractivity contribution < 1.29 is 29.0 Å². The van der Waals surface area contributed by atoms with E-state index in [0.29, 0.717) is 37.1 Å². The zero-order valence-corrected chi connectivity index (χ0v) is 40.7. The number of non-ortho nitro benzene ring substituents is 2. The Balaban J connectivity index is 0.933. The van der Waals surface area contributed by atoms with Crippen LogP contribution in [0.25, 0.3) is 0 Å². The lowest BCUT2D eigenvalue weighted by Gasteiger charge is -2.19. The fourth-order valence-corrected chi connectivity index (χ4v) is 9.87. The quantitative estimate of drug-likeness (QED) is 0.0149. The van der Waals surface area contributed by atoms with Gasteiger partial charge in [0.05, 0.1) is 9.85 Å². The molecule has 0 heterocycles. The van der Waals surface area contributed by atoms with Crippen LogP contribution in [0, 0.1) is 20.2 Å². The van der Waals surface area contributed by atoms with E-state index in [1.54, 1.807) is 0 Å². The topological polar surface area (TPSA) is 203 Å². The number of nitro groups is 2. The smallest absolute Gasteiger partial charge is 0.269 e. The van der Waals surface area contributed by atoms with Gasteiger partial charge in [-0.2, -0.15) is 0 Å². The van der Waals surface area contributed by atoms with Crippen LogP contribution < -0.4 is 21.3 Å². The molecule has 4 aromatic carbocycles. The monoisotopic (exact) mass is 968 g/mol. The van der Waals surface area contributed by atoms with Gasteiger partial charge in [-0.15, -0.1) is 0 Å². The third kappa shape index (κ3) is 23.3. The van der Waals surface area contributed by atoms with E-state index >= 15 is 0 Å². The summed E-state index contributed by atoms with van der Waals surface area (Å²) in [7, 11) is 3.96. The highest BCUT2D eigenvalue weighted by Crippen LogP contribution is 2.25. The summed E-state index contributed by atoms with van der Waals surface area (Å²) in [5.74, 6) is 1.30. The van der Waals surface area contributed by atoms with Gasteiger partial charge in [-0.3, -0.25) is 39.4 Å². The Morgan fingerprint density at radius 3 is 1.06 bits per heavy atom. The van der Waals surface area contributed by atoms with Crippen LogP contribution in [0.1, 0.15) is 127 Å². The average Bonchev–Trinajstić information content (AvgIpc) is 3.33. The number of carbonyl (C=O) groups is 4. The molecule has 4 aromatic rings. The molecule has 0 radical (unpaired) electrons. The highest BCUT2D eigenvalue weighted by molar-refractivity contribution is 8.76.